The van der Waals surface area contributed by atoms with Crippen molar-refractivity contribution >= 4 is 11.6 Å². The van der Waals surface area contributed by atoms with Gasteiger partial charge in [0.2, 0.25) is 0 Å². The van der Waals surface area contributed by atoms with Gasteiger partial charge in [-0.2, -0.15) is 0 Å². The molecule has 2 atom stereocenters. The van der Waals surface area contributed by atoms with Gasteiger partial charge in [0.05, 0.1) is 14.2 Å². The van der Waals surface area contributed by atoms with Crippen molar-refractivity contribution in [2.75, 3.05) is 14.2 Å². The molecule has 21 heavy (non-hydrogen) atoms. The van der Waals surface area contributed by atoms with E-state index in [1.54, 1.807) is 14.2 Å². The van der Waals surface area contributed by atoms with Crippen LogP contribution in [-0.4, -0.2) is 14.2 Å². The molecule has 0 spiro atoms. The van der Waals surface area contributed by atoms with E-state index in [9.17, 15) is 0 Å². The maximum absolute atomic E-state index is 6.39. The Labute approximate surface area is 130 Å². The summed E-state index contributed by atoms with van der Waals surface area (Å²) in [5.74, 6) is 1.56. The van der Waals surface area contributed by atoms with Crippen molar-refractivity contribution in [3.8, 4) is 11.5 Å². The van der Waals surface area contributed by atoms with Gasteiger partial charge >= 0.3 is 0 Å². The summed E-state index contributed by atoms with van der Waals surface area (Å²) in [6, 6.07) is 13.4. The van der Waals surface area contributed by atoms with E-state index in [-0.39, 0.29) is 12.0 Å². The summed E-state index contributed by atoms with van der Waals surface area (Å²) in [5, 5.41) is 0.727. The minimum Gasteiger partial charge on any atom is -0.493 e. The number of ether oxygens (including phenoxy) is 2. The maximum Gasteiger partial charge on any atom is 0.161 e. The van der Waals surface area contributed by atoms with Gasteiger partial charge in [-0.1, -0.05) is 36.7 Å². The molecule has 2 aromatic rings. The Morgan fingerprint density at radius 2 is 1.48 bits per heavy atom. The van der Waals surface area contributed by atoms with Crippen LogP contribution in [0.2, 0.25) is 5.02 Å². The summed E-state index contributed by atoms with van der Waals surface area (Å²) in [6.07, 6.45) is 0. The molecule has 0 aliphatic heterocycles. The van der Waals surface area contributed by atoms with Gasteiger partial charge in [-0.3, -0.25) is 0 Å². The van der Waals surface area contributed by atoms with Gasteiger partial charge in [-0.25, -0.2) is 0 Å². The smallest absolute Gasteiger partial charge is 0.161 e. The topological polar surface area (TPSA) is 44.5 Å². The van der Waals surface area contributed by atoms with Crippen LogP contribution in [0.5, 0.6) is 11.5 Å². The molecule has 0 heterocycles. The van der Waals surface area contributed by atoms with E-state index in [1.807, 2.05) is 42.5 Å². The van der Waals surface area contributed by atoms with Gasteiger partial charge in [0.1, 0.15) is 0 Å². The molecule has 0 radical (unpaired) electrons. The Morgan fingerprint density at radius 3 is 2.05 bits per heavy atom. The normalized spacial score (nSPS) is 13.6. The highest BCUT2D eigenvalue weighted by atomic mass is 35.5. The first-order chi connectivity index (χ1) is 10.1. The minimum absolute atomic E-state index is 0.133. The van der Waals surface area contributed by atoms with Gasteiger partial charge in [0.25, 0.3) is 0 Å². The molecule has 0 saturated carbocycles. The molecule has 0 aliphatic rings. The number of halogens is 1. The lowest BCUT2D eigenvalue weighted by Gasteiger charge is -2.22. The van der Waals surface area contributed by atoms with Crippen LogP contribution in [0.1, 0.15) is 30.0 Å². The lowest BCUT2D eigenvalue weighted by atomic mass is 9.89. The number of benzene rings is 2. The quantitative estimate of drug-likeness (QED) is 0.902. The average Bonchev–Trinajstić information content (AvgIpc) is 2.53. The van der Waals surface area contributed by atoms with Crippen LogP contribution >= 0.6 is 11.6 Å². The minimum atomic E-state index is -0.133. The molecule has 0 amide bonds. The number of nitrogens with two attached hydrogens (primary N) is 1. The summed E-state index contributed by atoms with van der Waals surface area (Å²) in [4.78, 5) is 0. The Kier molecular flexibility index (Phi) is 5.10. The molecule has 4 heteroatoms. The zero-order valence-electron chi connectivity index (χ0n) is 12.5. The SMILES string of the molecule is COc1ccc([C@H](N)[C@H](C)c2ccc(Cl)cc2)cc1OC. The predicted octanol–water partition coefficient (Wildman–Crippen LogP) is 4.16. The molecule has 0 aliphatic carbocycles. The molecule has 0 saturated heterocycles. The fourth-order valence-corrected chi connectivity index (χ4v) is 2.45. The number of hydrogen-bond donors (Lipinski definition) is 1. The zero-order valence-corrected chi connectivity index (χ0v) is 13.2. The molecule has 2 N–H and O–H groups in total. The lowest BCUT2D eigenvalue weighted by molar-refractivity contribution is 0.354. The van der Waals surface area contributed by atoms with Crippen molar-refractivity contribution in [3.05, 3.63) is 58.6 Å². The molecular weight excluding hydrogens is 286 g/mol. The first-order valence-corrected chi connectivity index (χ1v) is 7.17. The number of hydrogen-bond acceptors (Lipinski definition) is 3. The van der Waals surface area contributed by atoms with Crippen LogP contribution < -0.4 is 15.2 Å². The number of methoxy groups -OCH3 is 2. The van der Waals surface area contributed by atoms with E-state index in [0.29, 0.717) is 11.5 Å². The van der Waals surface area contributed by atoms with E-state index in [4.69, 9.17) is 26.8 Å². The second-order valence-corrected chi connectivity index (χ2v) is 5.42. The van der Waals surface area contributed by atoms with Crippen molar-refractivity contribution in [1.29, 1.82) is 0 Å². The van der Waals surface area contributed by atoms with Crippen molar-refractivity contribution in [1.82, 2.24) is 0 Å². The highest BCUT2D eigenvalue weighted by Crippen LogP contribution is 2.34. The van der Waals surface area contributed by atoms with Crippen LogP contribution in [0.4, 0.5) is 0 Å². The van der Waals surface area contributed by atoms with Crippen LogP contribution in [0.25, 0.3) is 0 Å². The van der Waals surface area contributed by atoms with E-state index >= 15 is 0 Å². The second kappa shape index (κ2) is 6.83. The monoisotopic (exact) mass is 305 g/mol. The fraction of sp³-hybridized carbons (Fsp3) is 0.294. The van der Waals surface area contributed by atoms with Crippen molar-refractivity contribution < 1.29 is 9.47 Å². The Balaban J connectivity index is 2.26. The maximum atomic E-state index is 6.39. The Morgan fingerprint density at radius 1 is 0.905 bits per heavy atom. The summed E-state index contributed by atoms with van der Waals surface area (Å²) in [7, 11) is 3.24. The fourth-order valence-electron chi connectivity index (χ4n) is 2.32. The van der Waals surface area contributed by atoms with Crippen LogP contribution in [-0.2, 0) is 0 Å². The molecule has 3 nitrogen and oxygen atoms in total. The molecule has 2 rings (SSSR count). The van der Waals surface area contributed by atoms with Crippen molar-refractivity contribution in [2.24, 2.45) is 5.73 Å². The predicted molar refractivity (Wildman–Crippen MR) is 86.3 cm³/mol. The molecule has 112 valence electrons. The van der Waals surface area contributed by atoms with Crippen LogP contribution in [0.3, 0.4) is 0 Å². The van der Waals surface area contributed by atoms with Crippen molar-refractivity contribution in [3.63, 3.8) is 0 Å². The first kappa shape index (κ1) is 15.7. The molecular formula is C17H20ClNO2. The third-order valence-corrected chi connectivity index (χ3v) is 3.98. The highest BCUT2D eigenvalue weighted by Gasteiger charge is 2.18. The van der Waals surface area contributed by atoms with Gasteiger partial charge in [0.15, 0.2) is 11.5 Å². The largest absolute Gasteiger partial charge is 0.493 e. The highest BCUT2D eigenvalue weighted by molar-refractivity contribution is 6.30. The van der Waals surface area contributed by atoms with Gasteiger partial charge in [-0.05, 0) is 35.4 Å². The van der Waals surface area contributed by atoms with Crippen LogP contribution in [0, 0.1) is 0 Å². The zero-order chi connectivity index (χ0) is 15.4. The van der Waals surface area contributed by atoms with Gasteiger partial charge in [-0.15, -0.1) is 0 Å². The first-order valence-electron chi connectivity index (χ1n) is 6.79. The Bertz CT molecular complexity index is 598. The van der Waals surface area contributed by atoms with Crippen LogP contribution in [0.15, 0.2) is 42.5 Å². The molecule has 0 aromatic heterocycles. The molecule has 0 unspecified atom stereocenters. The molecule has 2 aromatic carbocycles. The standard InChI is InChI=1S/C17H20ClNO2/c1-11(12-4-7-14(18)8-5-12)17(19)13-6-9-15(20-2)16(10-13)21-3/h4-11,17H,19H2,1-3H3/t11-,17-/m1/s1. The summed E-state index contributed by atoms with van der Waals surface area (Å²) in [6.45, 7) is 2.10. The third kappa shape index (κ3) is 3.49. The summed E-state index contributed by atoms with van der Waals surface area (Å²) < 4.78 is 10.6. The molecule has 0 fully saturated rings. The van der Waals surface area contributed by atoms with Crippen molar-refractivity contribution in [2.45, 2.75) is 18.9 Å². The Hall–Kier alpha value is -1.71. The van der Waals surface area contributed by atoms with E-state index in [0.717, 1.165) is 16.1 Å². The van der Waals surface area contributed by atoms with Gasteiger partial charge < -0.3 is 15.2 Å². The van der Waals surface area contributed by atoms with Gasteiger partial charge in [0, 0.05) is 17.0 Å². The lowest BCUT2D eigenvalue weighted by Crippen LogP contribution is -2.17. The van der Waals surface area contributed by atoms with E-state index in [1.165, 1.54) is 0 Å². The third-order valence-electron chi connectivity index (χ3n) is 3.73. The molecule has 0 bridgehead atoms. The second-order valence-electron chi connectivity index (χ2n) is 4.98. The number of rotatable bonds is 5. The summed E-state index contributed by atoms with van der Waals surface area (Å²) >= 11 is 5.92. The summed E-state index contributed by atoms with van der Waals surface area (Å²) in [5.41, 5.74) is 8.56. The van der Waals surface area contributed by atoms with E-state index < -0.39 is 0 Å². The average molecular weight is 306 g/mol. The van der Waals surface area contributed by atoms with E-state index in [2.05, 4.69) is 6.92 Å².